The Labute approximate surface area is 171 Å². The molecule has 8 heteroatoms. The Morgan fingerprint density at radius 3 is 2.34 bits per heavy atom. The molecular formula is C21H26N2O5S. The maximum Gasteiger partial charge on any atom is 0.243 e. The van der Waals surface area contributed by atoms with Crippen molar-refractivity contribution in [1.82, 2.24) is 9.21 Å². The van der Waals surface area contributed by atoms with E-state index in [9.17, 15) is 13.5 Å². The van der Waals surface area contributed by atoms with E-state index in [4.69, 9.17) is 9.47 Å². The van der Waals surface area contributed by atoms with Crippen LogP contribution in [-0.4, -0.2) is 68.7 Å². The number of fused-ring (bicyclic) bond motifs is 1. The summed E-state index contributed by atoms with van der Waals surface area (Å²) in [5.41, 5.74) is 0.870. The summed E-state index contributed by atoms with van der Waals surface area (Å²) in [6.07, 6.45) is 0.189. The largest absolute Gasteiger partial charge is 0.490 e. The number of benzene rings is 2. The number of nitrogens with zero attached hydrogens (tertiary/aromatic N) is 2. The fourth-order valence-corrected chi connectivity index (χ4v) is 5.07. The van der Waals surface area contributed by atoms with Crippen LogP contribution in [0.1, 0.15) is 18.1 Å². The van der Waals surface area contributed by atoms with Gasteiger partial charge in [-0.2, -0.15) is 4.31 Å². The molecule has 0 bridgehead atoms. The second-order valence-corrected chi connectivity index (χ2v) is 9.23. The first-order chi connectivity index (χ1) is 14.0. The summed E-state index contributed by atoms with van der Waals surface area (Å²) in [6, 6.07) is 14.3. The van der Waals surface area contributed by atoms with Crippen LogP contribution in [0, 0.1) is 0 Å². The van der Waals surface area contributed by atoms with Gasteiger partial charge in [-0.25, -0.2) is 8.42 Å². The van der Waals surface area contributed by atoms with Crippen molar-refractivity contribution in [3.05, 3.63) is 54.1 Å². The zero-order chi connectivity index (χ0) is 20.3. The molecule has 0 radical (unpaired) electrons. The average molecular weight is 419 g/mol. The molecule has 156 valence electrons. The Hall–Kier alpha value is -2.13. The van der Waals surface area contributed by atoms with Crippen molar-refractivity contribution >= 4 is 10.0 Å². The lowest BCUT2D eigenvalue weighted by Gasteiger charge is -2.35. The smallest absolute Gasteiger partial charge is 0.243 e. The van der Waals surface area contributed by atoms with E-state index in [-0.39, 0.29) is 4.90 Å². The van der Waals surface area contributed by atoms with Crippen LogP contribution in [0.5, 0.6) is 11.5 Å². The Bertz CT molecular complexity index is 927. The highest BCUT2D eigenvalue weighted by molar-refractivity contribution is 7.89. The minimum Gasteiger partial charge on any atom is -0.490 e. The first-order valence-electron chi connectivity index (χ1n) is 9.89. The summed E-state index contributed by atoms with van der Waals surface area (Å²) in [4.78, 5) is 2.32. The van der Waals surface area contributed by atoms with E-state index >= 15 is 0 Å². The molecule has 0 unspecified atom stereocenters. The van der Waals surface area contributed by atoms with Crippen molar-refractivity contribution in [2.24, 2.45) is 0 Å². The maximum atomic E-state index is 13.1. The Morgan fingerprint density at radius 2 is 1.62 bits per heavy atom. The summed E-state index contributed by atoms with van der Waals surface area (Å²) in [5.74, 6) is 1.06. The van der Waals surface area contributed by atoms with E-state index in [2.05, 4.69) is 4.90 Å². The van der Waals surface area contributed by atoms with Crippen LogP contribution in [0.2, 0.25) is 0 Å². The Kier molecular flexibility index (Phi) is 6.05. The molecule has 0 amide bonds. The lowest BCUT2D eigenvalue weighted by molar-refractivity contribution is 0.0921. The topological polar surface area (TPSA) is 79.3 Å². The van der Waals surface area contributed by atoms with E-state index in [1.807, 2.05) is 30.3 Å². The van der Waals surface area contributed by atoms with Gasteiger partial charge in [0.15, 0.2) is 11.5 Å². The summed E-state index contributed by atoms with van der Waals surface area (Å²) in [7, 11) is -3.60. The van der Waals surface area contributed by atoms with Crippen molar-refractivity contribution in [3.8, 4) is 11.5 Å². The molecule has 2 aliphatic rings. The minimum absolute atomic E-state index is 0.222. The summed E-state index contributed by atoms with van der Waals surface area (Å²) in [6.45, 7) is 3.49. The quantitative estimate of drug-likeness (QED) is 0.799. The molecule has 2 aromatic carbocycles. The average Bonchev–Trinajstić information content (AvgIpc) is 2.99. The molecule has 1 saturated heterocycles. The Morgan fingerprint density at radius 1 is 0.931 bits per heavy atom. The lowest BCUT2D eigenvalue weighted by Crippen LogP contribution is -2.49. The molecule has 0 aliphatic carbocycles. The highest BCUT2D eigenvalue weighted by atomic mass is 32.2. The van der Waals surface area contributed by atoms with Crippen LogP contribution in [0.15, 0.2) is 53.4 Å². The van der Waals surface area contributed by atoms with Gasteiger partial charge < -0.3 is 14.6 Å². The van der Waals surface area contributed by atoms with Crippen LogP contribution < -0.4 is 9.47 Å². The number of aliphatic hydroxyl groups is 1. The number of hydrogen-bond donors (Lipinski definition) is 1. The molecule has 1 fully saturated rings. The number of rotatable bonds is 5. The first-order valence-corrected chi connectivity index (χ1v) is 11.3. The molecule has 1 N–H and O–H groups in total. The van der Waals surface area contributed by atoms with Crippen molar-refractivity contribution in [2.75, 3.05) is 45.9 Å². The molecule has 29 heavy (non-hydrogen) atoms. The van der Waals surface area contributed by atoms with Gasteiger partial charge in [0.1, 0.15) is 0 Å². The Balaban J connectivity index is 1.39. The maximum absolute atomic E-state index is 13.1. The summed E-state index contributed by atoms with van der Waals surface area (Å²) >= 11 is 0. The van der Waals surface area contributed by atoms with Crippen LogP contribution in [0.4, 0.5) is 0 Å². The molecular weight excluding hydrogens is 392 g/mol. The van der Waals surface area contributed by atoms with Gasteiger partial charge in [0, 0.05) is 45.2 Å². The van der Waals surface area contributed by atoms with E-state index in [1.54, 1.807) is 18.2 Å². The van der Waals surface area contributed by atoms with Crippen LogP contribution in [0.25, 0.3) is 0 Å². The predicted octanol–water partition coefficient (Wildman–Crippen LogP) is 1.89. The van der Waals surface area contributed by atoms with Crippen LogP contribution in [-0.2, 0) is 10.0 Å². The van der Waals surface area contributed by atoms with E-state index in [0.717, 1.165) is 12.0 Å². The fourth-order valence-electron chi connectivity index (χ4n) is 3.63. The normalized spacial score (nSPS) is 19.5. The van der Waals surface area contributed by atoms with Gasteiger partial charge in [0.2, 0.25) is 10.0 Å². The molecule has 0 saturated carbocycles. The standard InChI is InChI=1S/C21H26N2O5S/c24-19(17-5-2-1-3-6-17)16-22-9-11-23(12-10-22)29(25,26)18-7-8-20-21(15-18)28-14-4-13-27-20/h1-3,5-8,15,19,24H,4,9-14,16H2/t19-/m0/s1. The number of ether oxygens (including phenoxy) is 2. The summed E-state index contributed by atoms with van der Waals surface area (Å²) < 4.78 is 38.9. The number of piperazine rings is 1. The zero-order valence-electron chi connectivity index (χ0n) is 16.2. The van der Waals surface area contributed by atoms with Crippen LogP contribution in [0.3, 0.4) is 0 Å². The van der Waals surface area contributed by atoms with Gasteiger partial charge >= 0.3 is 0 Å². The predicted molar refractivity (Wildman–Crippen MR) is 109 cm³/mol. The second kappa shape index (κ2) is 8.71. The molecule has 0 spiro atoms. The molecule has 7 nitrogen and oxygen atoms in total. The van der Waals surface area contributed by atoms with Crippen LogP contribution >= 0.6 is 0 Å². The van der Waals surface area contributed by atoms with Gasteiger partial charge in [0.25, 0.3) is 0 Å². The molecule has 2 heterocycles. The van der Waals surface area contributed by atoms with Gasteiger partial charge in [0.05, 0.1) is 24.2 Å². The monoisotopic (exact) mass is 418 g/mol. The number of aliphatic hydroxyl groups excluding tert-OH is 1. The molecule has 2 aromatic rings. The highest BCUT2D eigenvalue weighted by Crippen LogP contribution is 2.33. The van der Waals surface area contributed by atoms with Crippen molar-refractivity contribution in [3.63, 3.8) is 0 Å². The van der Waals surface area contributed by atoms with Crippen molar-refractivity contribution < 1.29 is 23.0 Å². The number of sulfonamides is 1. The van der Waals surface area contributed by atoms with E-state index < -0.39 is 16.1 Å². The fraction of sp³-hybridized carbons (Fsp3) is 0.429. The number of β-amino-alcohol motifs (C(OH)–C–C–N with tert-alkyl or cyclic N) is 1. The number of hydrogen-bond acceptors (Lipinski definition) is 6. The van der Waals surface area contributed by atoms with Gasteiger partial charge in [-0.05, 0) is 17.7 Å². The second-order valence-electron chi connectivity index (χ2n) is 7.29. The first kappa shape index (κ1) is 20.2. The van der Waals surface area contributed by atoms with E-state index in [1.165, 1.54) is 4.31 Å². The van der Waals surface area contributed by atoms with Gasteiger partial charge in [-0.1, -0.05) is 30.3 Å². The molecule has 4 rings (SSSR count). The minimum atomic E-state index is -3.60. The third-order valence-corrected chi connectivity index (χ3v) is 7.20. The molecule has 1 atom stereocenters. The van der Waals surface area contributed by atoms with E-state index in [0.29, 0.717) is 57.4 Å². The van der Waals surface area contributed by atoms with Crippen molar-refractivity contribution in [1.29, 1.82) is 0 Å². The van der Waals surface area contributed by atoms with Gasteiger partial charge in [-0.15, -0.1) is 0 Å². The third kappa shape index (κ3) is 4.56. The third-order valence-electron chi connectivity index (χ3n) is 5.30. The highest BCUT2D eigenvalue weighted by Gasteiger charge is 2.30. The molecule has 2 aliphatic heterocycles. The zero-order valence-corrected chi connectivity index (χ0v) is 17.1. The van der Waals surface area contributed by atoms with Crippen molar-refractivity contribution in [2.45, 2.75) is 17.4 Å². The summed E-state index contributed by atoms with van der Waals surface area (Å²) in [5, 5.41) is 10.4. The lowest BCUT2D eigenvalue weighted by atomic mass is 10.1. The molecule has 0 aromatic heterocycles. The van der Waals surface area contributed by atoms with Gasteiger partial charge in [-0.3, -0.25) is 4.90 Å². The SMILES string of the molecule is O=S(=O)(c1ccc2c(c1)OCCCO2)N1CCN(C[C@H](O)c2ccccc2)CC1.